The minimum atomic E-state index is -0.173. The van der Waals surface area contributed by atoms with E-state index in [0.29, 0.717) is 6.54 Å². The van der Waals surface area contributed by atoms with Crippen molar-refractivity contribution in [3.8, 4) is 0 Å². The quantitative estimate of drug-likeness (QED) is 0.863. The molecular weight excluding hydrogens is 242 g/mol. The Morgan fingerprint density at radius 1 is 1.37 bits per heavy atom. The first-order valence-corrected chi connectivity index (χ1v) is 6.60. The third-order valence-electron chi connectivity index (χ3n) is 2.87. The zero-order valence-corrected chi connectivity index (χ0v) is 11.3. The van der Waals surface area contributed by atoms with Crippen LogP contribution in [-0.2, 0) is 0 Å². The number of rotatable bonds is 5. The number of hydrogen-bond acceptors (Lipinski definition) is 3. The molecular formula is C13H19N5O. The first-order chi connectivity index (χ1) is 9.26. The summed E-state index contributed by atoms with van der Waals surface area (Å²) in [6.07, 6.45) is 3.69. The van der Waals surface area contributed by atoms with Gasteiger partial charge in [-0.25, -0.2) is 4.79 Å². The molecule has 2 N–H and O–H groups in total. The summed E-state index contributed by atoms with van der Waals surface area (Å²) in [5.41, 5.74) is 0.788. The van der Waals surface area contributed by atoms with Crippen LogP contribution in [0, 0.1) is 0 Å². The van der Waals surface area contributed by atoms with E-state index in [-0.39, 0.29) is 12.1 Å². The first-order valence-electron chi connectivity index (χ1n) is 6.60. The summed E-state index contributed by atoms with van der Waals surface area (Å²) in [6, 6.07) is 5.43. The smallest absolute Gasteiger partial charge is 0.315 e. The van der Waals surface area contributed by atoms with Crippen molar-refractivity contribution >= 4 is 11.7 Å². The average Bonchev–Trinajstić information content (AvgIpc) is 2.82. The number of nitrogens with one attached hydrogen (secondary N) is 2. The fraction of sp³-hybridized carbons (Fsp3) is 0.462. The Morgan fingerprint density at radius 3 is 2.95 bits per heavy atom. The number of fused-ring (bicyclic) bond motifs is 1. The van der Waals surface area contributed by atoms with Crippen LogP contribution in [0.15, 0.2) is 24.4 Å². The van der Waals surface area contributed by atoms with Gasteiger partial charge < -0.3 is 10.6 Å². The van der Waals surface area contributed by atoms with Gasteiger partial charge in [-0.3, -0.25) is 4.40 Å². The topological polar surface area (TPSA) is 71.3 Å². The van der Waals surface area contributed by atoms with Gasteiger partial charge >= 0.3 is 6.03 Å². The van der Waals surface area contributed by atoms with E-state index >= 15 is 0 Å². The fourth-order valence-electron chi connectivity index (χ4n) is 2.02. The van der Waals surface area contributed by atoms with E-state index in [4.69, 9.17) is 0 Å². The molecule has 2 aromatic heterocycles. The fourth-order valence-corrected chi connectivity index (χ4v) is 2.02. The highest BCUT2D eigenvalue weighted by Gasteiger charge is 2.19. The Bertz CT molecular complexity index is 551. The molecule has 0 saturated heterocycles. The number of nitrogens with zero attached hydrogens (tertiary/aromatic N) is 3. The number of amides is 2. The van der Waals surface area contributed by atoms with E-state index in [2.05, 4.69) is 27.8 Å². The Morgan fingerprint density at radius 2 is 2.21 bits per heavy atom. The van der Waals surface area contributed by atoms with Crippen molar-refractivity contribution in [2.75, 3.05) is 6.54 Å². The molecule has 19 heavy (non-hydrogen) atoms. The Balaban J connectivity index is 2.25. The first kappa shape index (κ1) is 13.3. The Labute approximate surface area is 112 Å². The summed E-state index contributed by atoms with van der Waals surface area (Å²) in [6.45, 7) is 4.57. The van der Waals surface area contributed by atoms with Crippen LogP contribution in [0.4, 0.5) is 4.79 Å². The van der Waals surface area contributed by atoms with Crippen molar-refractivity contribution in [2.45, 2.75) is 32.7 Å². The minimum absolute atomic E-state index is 0.131. The maximum Gasteiger partial charge on any atom is 0.315 e. The lowest BCUT2D eigenvalue weighted by atomic mass is 10.1. The summed E-state index contributed by atoms with van der Waals surface area (Å²) in [4.78, 5) is 11.7. The number of urea groups is 1. The largest absolute Gasteiger partial charge is 0.338 e. The average molecular weight is 261 g/mol. The van der Waals surface area contributed by atoms with Gasteiger partial charge in [0.15, 0.2) is 11.5 Å². The number of aromatic nitrogens is 3. The molecule has 0 spiro atoms. The van der Waals surface area contributed by atoms with Crippen molar-refractivity contribution in [2.24, 2.45) is 0 Å². The molecule has 0 bridgehead atoms. The van der Waals surface area contributed by atoms with Gasteiger partial charge in [-0.15, -0.1) is 10.2 Å². The van der Waals surface area contributed by atoms with E-state index in [9.17, 15) is 4.79 Å². The molecule has 1 atom stereocenters. The normalized spacial score (nSPS) is 12.3. The van der Waals surface area contributed by atoms with E-state index in [1.807, 2.05) is 35.7 Å². The van der Waals surface area contributed by atoms with Gasteiger partial charge in [0, 0.05) is 12.7 Å². The van der Waals surface area contributed by atoms with Crippen LogP contribution in [-0.4, -0.2) is 27.2 Å². The molecule has 0 radical (unpaired) electrons. The maximum absolute atomic E-state index is 11.7. The van der Waals surface area contributed by atoms with Crippen molar-refractivity contribution in [1.82, 2.24) is 25.2 Å². The summed E-state index contributed by atoms with van der Waals surface area (Å²) >= 11 is 0. The molecule has 2 amide bonds. The van der Waals surface area contributed by atoms with Crippen LogP contribution in [0.2, 0.25) is 0 Å². The summed E-state index contributed by atoms with van der Waals surface area (Å²) in [5, 5.41) is 14.0. The highest BCUT2D eigenvalue weighted by Crippen LogP contribution is 2.17. The number of carbonyl (C=O) groups is 1. The Hall–Kier alpha value is -2.11. The van der Waals surface area contributed by atoms with Gasteiger partial charge in [-0.2, -0.15) is 0 Å². The molecule has 1 unspecified atom stereocenters. The van der Waals surface area contributed by atoms with E-state index in [1.54, 1.807) is 0 Å². The monoisotopic (exact) mass is 261 g/mol. The van der Waals surface area contributed by atoms with E-state index in [0.717, 1.165) is 24.3 Å². The van der Waals surface area contributed by atoms with Gasteiger partial charge in [-0.1, -0.05) is 19.4 Å². The molecule has 0 saturated carbocycles. The third-order valence-corrected chi connectivity index (χ3v) is 2.87. The second kappa shape index (κ2) is 6.17. The highest BCUT2D eigenvalue weighted by molar-refractivity contribution is 5.74. The molecule has 102 valence electrons. The summed E-state index contributed by atoms with van der Waals surface area (Å²) in [7, 11) is 0. The molecule has 0 aliphatic rings. The van der Waals surface area contributed by atoms with E-state index in [1.165, 1.54) is 0 Å². The molecule has 6 nitrogen and oxygen atoms in total. The standard InChI is InChI=1S/C13H19N5O/c1-3-7-10(15-13(19)14-4-2)12-17-16-11-8-5-6-9-18(11)12/h5-6,8-10H,3-4,7H2,1-2H3,(H2,14,15,19). The van der Waals surface area contributed by atoms with Gasteiger partial charge in [0.05, 0.1) is 6.04 Å². The molecule has 0 aromatic carbocycles. The molecule has 6 heteroatoms. The lowest BCUT2D eigenvalue weighted by molar-refractivity contribution is 0.236. The van der Waals surface area contributed by atoms with E-state index < -0.39 is 0 Å². The molecule has 0 aliphatic carbocycles. The highest BCUT2D eigenvalue weighted by atomic mass is 16.2. The predicted octanol–water partition coefficient (Wildman–Crippen LogP) is 1.89. The molecule has 2 aromatic rings. The lowest BCUT2D eigenvalue weighted by Gasteiger charge is -2.16. The summed E-state index contributed by atoms with van der Waals surface area (Å²) in [5.74, 6) is 0.767. The second-order valence-corrected chi connectivity index (χ2v) is 4.33. The third kappa shape index (κ3) is 3.01. The molecule has 0 fully saturated rings. The summed E-state index contributed by atoms with van der Waals surface area (Å²) < 4.78 is 1.91. The zero-order chi connectivity index (χ0) is 13.7. The minimum Gasteiger partial charge on any atom is -0.338 e. The second-order valence-electron chi connectivity index (χ2n) is 4.33. The van der Waals surface area contributed by atoms with Crippen LogP contribution in [0.25, 0.3) is 5.65 Å². The van der Waals surface area contributed by atoms with Gasteiger partial charge in [-0.05, 0) is 25.5 Å². The van der Waals surface area contributed by atoms with Crippen LogP contribution in [0.5, 0.6) is 0 Å². The Kier molecular flexibility index (Phi) is 4.33. The number of carbonyl (C=O) groups excluding carboxylic acids is 1. The molecule has 2 heterocycles. The van der Waals surface area contributed by atoms with Gasteiger partial charge in [0.1, 0.15) is 0 Å². The van der Waals surface area contributed by atoms with Crippen molar-refractivity contribution in [3.63, 3.8) is 0 Å². The van der Waals surface area contributed by atoms with Crippen LogP contribution in [0.3, 0.4) is 0 Å². The van der Waals surface area contributed by atoms with Crippen molar-refractivity contribution < 1.29 is 4.79 Å². The SMILES string of the molecule is CCCC(NC(=O)NCC)c1nnc2ccccn12. The van der Waals surface area contributed by atoms with Gasteiger partial charge in [0.2, 0.25) is 0 Å². The van der Waals surface area contributed by atoms with Gasteiger partial charge in [0.25, 0.3) is 0 Å². The van der Waals surface area contributed by atoms with Crippen LogP contribution < -0.4 is 10.6 Å². The lowest BCUT2D eigenvalue weighted by Crippen LogP contribution is -2.38. The van der Waals surface area contributed by atoms with Crippen LogP contribution in [0.1, 0.15) is 38.6 Å². The number of hydrogen-bond donors (Lipinski definition) is 2. The maximum atomic E-state index is 11.7. The molecule has 2 rings (SSSR count). The van der Waals surface area contributed by atoms with Crippen LogP contribution >= 0.6 is 0 Å². The number of pyridine rings is 1. The molecule has 0 aliphatic heterocycles. The van der Waals surface area contributed by atoms with Crippen molar-refractivity contribution in [1.29, 1.82) is 0 Å². The predicted molar refractivity (Wildman–Crippen MR) is 72.8 cm³/mol. The van der Waals surface area contributed by atoms with Crippen molar-refractivity contribution in [3.05, 3.63) is 30.2 Å². The zero-order valence-electron chi connectivity index (χ0n) is 11.3.